The highest BCUT2D eigenvalue weighted by Crippen LogP contribution is 2.12. The van der Waals surface area contributed by atoms with Gasteiger partial charge in [-0.05, 0) is 26.0 Å². The molecule has 1 aromatic rings. The van der Waals surface area contributed by atoms with Crippen LogP contribution in [0, 0.1) is 0 Å². The van der Waals surface area contributed by atoms with E-state index in [0.717, 1.165) is 5.82 Å². The third-order valence-corrected chi connectivity index (χ3v) is 2.17. The average molecular weight is 215 g/mol. The Hall–Kier alpha value is -0.800. The van der Waals surface area contributed by atoms with Crippen molar-refractivity contribution in [3.63, 3.8) is 0 Å². The molecule has 0 aromatic carbocycles. The Morgan fingerprint density at radius 1 is 1.50 bits per heavy atom. The lowest BCUT2D eigenvalue weighted by atomic mass is 10.1. The van der Waals surface area contributed by atoms with E-state index < -0.39 is 0 Å². The molecule has 0 saturated carbocycles. The summed E-state index contributed by atoms with van der Waals surface area (Å²) in [4.78, 5) is 4.11. The molecule has 0 aliphatic heterocycles. The topological polar surface area (TPSA) is 34.1 Å². The number of pyridine rings is 1. The van der Waals surface area contributed by atoms with Crippen molar-refractivity contribution in [2.45, 2.75) is 19.4 Å². The van der Waals surface area contributed by atoms with Crippen LogP contribution < -0.4 is 5.32 Å². The second kappa shape index (κ2) is 4.62. The summed E-state index contributed by atoms with van der Waals surface area (Å²) < 4.78 is 5.27. The van der Waals surface area contributed by atoms with Crippen LogP contribution in [0.15, 0.2) is 18.2 Å². The highest BCUT2D eigenvalue weighted by atomic mass is 35.5. The van der Waals surface area contributed by atoms with Crippen molar-refractivity contribution in [3.05, 3.63) is 23.4 Å². The molecule has 1 N–H and O–H groups in total. The number of anilines is 1. The van der Waals surface area contributed by atoms with Crippen LogP contribution >= 0.6 is 11.6 Å². The SMILES string of the molecule is COC(C)(C)CNc1cccc(Cl)n1. The molecular weight excluding hydrogens is 200 g/mol. The second-order valence-corrected chi connectivity index (χ2v) is 4.05. The van der Waals surface area contributed by atoms with E-state index in [4.69, 9.17) is 16.3 Å². The van der Waals surface area contributed by atoms with Crippen molar-refractivity contribution in [2.24, 2.45) is 0 Å². The zero-order valence-electron chi connectivity index (χ0n) is 8.67. The van der Waals surface area contributed by atoms with Gasteiger partial charge >= 0.3 is 0 Å². The molecule has 1 aromatic heterocycles. The van der Waals surface area contributed by atoms with Crippen LogP contribution in [0.4, 0.5) is 5.82 Å². The van der Waals surface area contributed by atoms with Gasteiger partial charge in [0.05, 0.1) is 5.60 Å². The van der Waals surface area contributed by atoms with Gasteiger partial charge in [0, 0.05) is 13.7 Å². The lowest BCUT2D eigenvalue weighted by Gasteiger charge is -2.23. The fourth-order valence-corrected chi connectivity index (χ4v) is 1.05. The third-order valence-electron chi connectivity index (χ3n) is 1.96. The van der Waals surface area contributed by atoms with Crippen molar-refractivity contribution in [1.82, 2.24) is 4.98 Å². The van der Waals surface area contributed by atoms with Crippen LogP contribution in [0.2, 0.25) is 5.15 Å². The van der Waals surface area contributed by atoms with Gasteiger partial charge in [-0.1, -0.05) is 17.7 Å². The van der Waals surface area contributed by atoms with Gasteiger partial charge in [-0.2, -0.15) is 0 Å². The number of methoxy groups -OCH3 is 1. The summed E-state index contributed by atoms with van der Waals surface area (Å²) in [5.41, 5.74) is -0.204. The first-order valence-corrected chi connectivity index (χ1v) is 4.83. The van der Waals surface area contributed by atoms with Gasteiger partial charge in [-0.15, -0.1) is 0 Å². The lowest BCUT2D eigenvalue weighted by Crippen LogP contribution is -2.32. The first kappa shape index (κ1) is 11.3. The molecule has 0 spiro atoms. The molecule has 3 nitrogen and oxygen atoms in total. The molecule has 0 aliphatic rings. The molecule has 4 heteroatoms. The molecule has 0 saturated heterocycles. The average Bonchev–Trinajstić information content (AvgIpc) is 2.15. The standard InChI is InChI=1S/C10H15ClN2O/c1-10(2,14-3)7-12-9-6-4-5-8(11)13-9/h4-6H,7H2,1-3H3,(H,12,13). The second-order valence-electron chi connectivity index (χ2n) is 3.66. The Morgan fingerprint density at radius 2 is 2.21 bits per heavy atom. The molecule has 1 rings (SSSR count). The van der Waals surface area contributed by atoms with E-state index in [1.165, 1.54) is 0 Å². The normalized spacial score (nSPS) is 11.4. The lowest BCUT2D eigenvalue weighted by molar-refractivity contribution is 0.0343. The molecule has 0 aliphatic carbocycles. The van der Waals surface area contributed by atoms with Crippen LogP contribution in [0.25, 0.3) is 0 Å². The Labute approximate surface area is 89.4 Å². The molecule has 0 radical (unpaired) electrons. The number of hydrogen-bond donors (Lipinski definition) is 1. The maximum absolute atomic E-state index is 5.75. The monoisotopic (exact) mass is 214 g/mol. The van der Waals surface area contributed by atoms with E-state index in [9.17, 15) is 0 Å². The minimum atomic E-state index is -0.204. The van der Waals surface area contributed by atoms with Crippen molar-refractivity contribution >= 4 is 17.4 Å². The molecule has 0 bridgehead atoms. The van der Waals surface area contributed by atoms with Crippen molar-refractivity contribution in [3.8, 4) is 0 Å². The number of hydrogen-bond acceptors (Lipinski definition) is 3. The molecule has 0 atom stereocenters. The molecule has 0 fully saturated rings. The maximum Gasteiger partial charge on any atom is 0.131 e. The van der Waals surface area contributed by atoms with Crippen LogP contribution in [0.3, 0.4) is 0 Å². The summed E-state index contributed by atoms with van der Waals surface area (Å²) >= 11 is 5.75. The number of halogens is 1. The van der Waals surface area contributed by atoms with Crippen molar-refractivity contribution in [2.75, 3.05) is 19.0 Å². The number of nitrogens with zero attached hydrogens (tertiary/aromatic N) is 1. The van der Waals surface area contributed by atoms with E-state index in [1.54, 1.807) is 13.2 Å². The van der Waals surface area contributed by atoms with E-state index >= 15 is 0 Å². The van der Waals surface area contributed by atoms with E-state index in [1.807, 2.05) is 26.0 Å². The Morgan fingerprint density at radius 3 is 2.79 bits per heavy atom. The highest BCUT2D eigenvalue weighted by Gasteiger charge is 2.15. The van der Waals surface area contributed by atoms with Gasteiger partial charge in [0.15, 0.2) is 0 Å². The van der Waals surface area contributed by atoms with Gasteiger partial charge in [0.1, 0.15) is 11.0 Å². The summed E-state index contributed by atoms with van der Waals surface area (Å²) in [6.07, 6.45) is 0. The fraction of sp³-hybridized carbons (Fsp3) is 0.500. The van der Waals surface area contributed by atoms with Crippen LogP contribution in [-0.4, -0.2) is 24.2 Å². The Balaban J connectivity index is 2.54. The fourth-order valence-electron chi connectivity index (χ4n) is 0.882. The van der Waals surface area contributed by atoms with Crippen LogP contribution in [0.5, 0.6) is 0 Å². The van der Waals surface area contributed by atoms with Crippen LogP contribution in [-0.2, 0) is 4.74 Å². The number of aromatic nitrogens is 1. The van der Waals surface area contributed by atoms with Gasteiger partial charge in [0.25, 0.3) is 0 Å². The summed E-state index contributed by atoms with van der Waals surface area (Å²) in [6.45, 7) is 4.70. The van der Waals surface area contributed by atoms with Crippen molar-refractivity contribution < 1.29 is 4.74 Å². The van der Waals surface area contributed by atoms with Gasteiger partial charge in [-0.25, -0.2) is 4.98 Å². The third kappa shape index (κ3) is 3.52. The molecule has 0 amide bonds. The predicted molar refractivity (Wildman–Crippen MR) is 58.8 cm³/mol. The van der Waals surface area contributed by atoms with Crippen LogP contribution in [0.1, 0.15) is 13.8 Å². The summed E-state index contributed by atoms with van der Waals surface area (Å²) in [5, 5.41) is 3.65. The van der Waals surface area contributed by atoms with Gasteiger partial charge in [-0.3, -0.25) is 0 Å². The molecule has 0 unspecified atom stereocenters. The minimum absolute atomic E-state index is 0.204. The molecule has 78 valence electrons. The number of rotatable bonds is 4. The summed E-state index contributed by atoms with van der Waals surface area (Å²) in [5.74, 6) is 0.766. The van der Waals surface area contributed by atoms with Crippen molar-refractivity contribution in [1.29, 1.82) is 0 Å². The zero-order valence-corrected chi connectivity index (χ0v) is 9.43. The summed E-state index contributed by atoms with van der Waals surface area (Å²) in [6, 6.07) is 5.48. The van der Waals surface area contributed by atoms with E-state index in [-0.39, 0.29) is 5.60 Å². The highest BCUT2D eigenvalue weighted by molar-refractivity contribution is 6.29. The maximum atomic E-state index is 5.75. The van der Waals surface area contributed by atoms with Gasteiger partial charge < -0.3 is 10.1 Å². The quantitative estimate of drug-likeness (QED) is 0.783. The Kier molecular flexibility index (Phi) is 3.72. The molecular formula is C10H15ClN2O. The molecule has 1 heterocycles. The predicted octanol–water partition coefficient (Wildman–Crippen LogP) is 2.57. The molecule has 14 heavy (non-hydrogen) atoms. The van der Waals surface area contributed by atoms with E-state index in [2.05, 4.69) is 10.3 Å². The number of ether oxygens (including phenoxy) is 1. The Bertz CT molecular complexity index is 302. The first-order chi connectivity index (χ1) is 6.53. The number of nitrogens with one attached hydrogen (secondary N) is 1. The largest absolute Gasteiger partial charge is 0.377 e. The smallest absolute Gasteiger partial charge is 0.131 e. The summed E-state index contributed by atoms with van der Waals surface area (Å²) in [7, 11) is 1.69. The zero-order chi connectivity index (χ0) is 10.6. The van der Waals surface area contributed by atoms with E-state index in [0.29, 0.717) is 11.7 Å². The van der Waals surface area contributed by atoms with Gasteiger partial charge in [0.2, 0.25) is 0 Å². The minimum Gasteiger partial charge on any atom is -0.377 e. The first-order valence-electron chi connectivity index (χ1n) is 4.45.